The molecule has 1 aromatic heterocycles. The highest BCUT2D eigenvalue weighted by atomic mass is 79.9. The van der Waals surface area contributed by atoms with Gasteiger partial charge in [0.15, 0.2) is 11.7 Å². The van der Waals surface area contributed by atoms with Crippen LogP contribution in [0.3, 0.4) is 0 Å². The highest BCUT2D eigenvalue weighted by Crippen LogP contribution is 2.24. The van der Waals surface area contributed by atoms with Crippen molar-refractivity contribution in [2.24, 2.45) is 11.8 Å². The summed E-state index contributed by atoms with van der Waals surface area (Å²) in [4.78, 5) is 19.0. The van der Waals surface area contributed by atoms with Gasteiger partial charge in [0, 0.05) is 29.5 Å². The van der Waals surface area contributed by atoms with E-state index in [0.717, 1.165) is 41.6 Å². The van der Waals surface area contributed by atoms with Crippen molar-refractivity contribution in [3.05, 3.63) is 39.8 Å². The lowest BCUT2D eigenvalue weighted by atomic mass is 9.92. The number of carbonyl (C=O) groups is 1. The Labute approximate surface area is 166 Å². The van der Waals surface area contributed by atoms with Crippen LogP contribution in [0.5, 0.6) is 5.75 Å². The number of benzene rings is 1. The Hall–Kier alpha value is -1.44. The summed E-state index contributed by atoms with van der Waals surface area (Å²) in [6.07, 6.45) is 1.30. The number of anilines is 1. The molecule has 2 aromatic rings. The molecule has 1 fully saturated rings. The van der Waals surface area contributed by atoms with Crippen LogP contribution in [-0.4, -0.2) is 35.5 Å². The topological polar surface area (TPSA) is 54.5 Å². The summed E-state index contributed by atoms with van der Waals surface area (Å²) >= 11 is 4.83. The Balaban J connectivity index is 1.46. The van der Waals surface area contributed by atoms with Gasteiger partial charge in [-0.25, -0.2) is 4.98 Å². The molecule has 1 amide bonds. The first-order valence-corrected chi connectivity index (χ1v) is 10.5. The average molecular weight is 438 g/mol. The Bertz CT molecular complexity index is 725. The van der Waals surface area contributed by atoms with Gasteiger partial charge in [-0.15, -0.1) is 11.3 Å². The van der Waals surface area contributed by atoms with Gasteiger partial charge in [-0.1, -0.05) is 29.8 Å². The number of likely N-dealkylation sites (tertiary alicyclic amines) is 1. The number of aromatic nitrogens is 1. The zero-order valence-electron chi connectivity index (χ0n) is 15.1. The second-order valence-electron chi connectivity index (χ2n) is 7.07. The molecule has 1 saturated heterocycles. The third kappa shape index (κ3) is 5.79. The number of halogens is 1. The number of hydrogen-bond donors (Lipinski definition) is 1. The smallest absolute Gasteiger partial charge is 0.264 e. The first-order valence-electron chi connectivity index (χ1n) is 8.83. The van der Waals surface area contributed by atoms with E-state index in [9.17, 15) is 4.79 Å². The number of hydrogen-bond acceptors (Lipinski definition) is 5. The minimum absolute atomic E-state index is 0.0301. The summed E-state index contributed by atoms with van der Waals surface area (Å²) in [5, 5.41) is 5.46. The number of nitrogens with zero attached hydrogens (tertiary/aromatic N) is 2. The number of rotatable bonds is 6. The van der Waals surface area contributed by atoms with Crippen LogP contribution in [0.2, 0.25) is 0 Å². The minimum Gasteiger partial charge on any atom is -0.484 e. The lowest BCUT2D eigenvalue weighted by molar-refractivity contribution is -0.118. The molecule has 1 aliphatic heterocycles. The molecule has 1 N–H and O–H groups in total. The second-order valence-corrected chi connectivity index (χ2v) is 8.85. The highest BCUT2D eigenvalue weighted by Gasteiger charge is 2.22. The van der Waals surface area contributed by atoms with Crippen molar-refractivity contribution in [2.45, 2.75) is 26.8 Å². The first kappa shape index (κ1) is 19.3. The van der Waals surface area contributed by atoms with E-state index in [4.69, 9.17) is 4.74 Å². The van der Waals surface area contributed by atoms with Crippen LogP contribution >= 0.6 is 27.3 Å². The Morgan fingerprint density at radius 1 is 1.31 bits per heavy atom. The fraction of sp³-hybridized carbons (Fsp3) is 0.474. The standard InChI is InChI=1S/C19H24BrN3O2S/c1-13-7-14(2)9-23(8-13)10-16-12-26-19(21-16)22-18(24)11-25-17-5-3-15(20)4-6-17/h3-6,12-14H,7-11H2,1-2H3,(H,21,22,24)/t13-,14-/m1/s1. The summed E-state index contributed by atoms with van der Waals surface area (Å²) in [5.41, 5.74) is 1.01. The molecule has 0 saturated carbocycles. The monoisotopic (exact) mass is 437 g/mol. The van der Waals surface area contributed by atoms with E-state index in [2.05, 4.69) is 45.0 Å². The Morgan fingerprint density at radius 3 is 2.69 bits per heavy atom. The predicted molar refractivity (Wildman–Crippen MR) is 109 cm³/mol. The van der Waals surface area contributed by atoms with Gasteiger partial charge in [-0.05, 0) is 42.5 Å². The van der Waals surface area contributed by atoms with E-state index in [0.29, 0.717) is 10.9 Å². The summed E-state index contributed by atoms with van der Waals surface area (Å²) in [7, 11) is 0. The second kappa shape index (κ2) is 8.97. The maximum absolute atomic E-state index is 12.0. The van der Waals surface area contributed by atoms with Crippen LogP contribution in [0, 0.1) is 11.8 Å². The van der Waals surface area contributed by atoms with Crippen molar-refractivity contribution < 1.29 is 9.53 Å². The Morgan fingerprint density at radius 2 is 2.00 bits per heavy atom. The summed E-state index contributed by atoms with van der Waals surface area (Å²) in [5.74, 6) is 1.92. The van der Waals surface area contributed by atoms with Crippen molar-refractivity contribution in [1.29, 1.82) is 0 Å². The fourth-order valence-corrected chi connectivity index (χ4v) is 4.40. The van der Waals surface area contributed by atoms with Gasteiger partial charge in [-0.3, -0.25) is 15.0 Å². The lowest BCUT2D eigenvalue weighted by Gasteiger charge is -2.34. The van der Waals surface area contributed by atoms with E-state index in [1.54, 1.807) is 0 Å². The molecule has 0 radical (unpaired) electrons. The van der Waals surface area contributed by atoms with Gasteiger partial charge < -0.3 is 4.74 Å². The van der Waals surface area contributed by atoms with Crippen molar-refractivity contribution in [3.8, 4) is 5.75 Å². The molecule has 5 nitrogen and oxygen atoms in total. The average Bonchev–Trinajstić information content (AvgIpc) is 3.00. The fourth-order valence-electron chi connectivity index (χ4n) is 3.42. The number of carbonyl (C=O) groups excluding carboxylic acids is 1. The highest BCUT2D eigenvalue weighted by molar-refractivity contribution is 9.10. The maximum atomic E-state index is 12.0. The molecule has 2 atom stereocenters. The van der Waals surface area contributed by atoms with Gasteiger partial charge in [-0.2, -0.15) is 0 Å². The zero-order chi connectivity index (χ0) is 18.5. The first-order chi connectivity index (χ1) is 12.5. The molecule has 0 spiro atoms. The quantitative estimate of drug-likeness (QED) is 0.727. The van der Waals surface area contributed by atoms with E-state index in [1.165, 1.54) is 17.8 Å². The third-order valence-electron chi connectivity index (χ3n) is 4.31. The van der Waals surface area contributed by atoms with E-state index in [1.807, 2.05) is 29.6 Å². The molecule has 0 bridgehead atoms. The van der Waals surface area contributed by atoms with E-state index >= 15 is 0 Å². The Kier molecular flexibility index (Phi) is 6.67. The molecule has 2 heterocycles. The molecule has 1 aromatic carbocycles. The number of amides is 1. The number of ether oxygens (including phenoxy) is 1. The molecular formula is C19H24BrN3O2S. The van der Waals surface area contributed by atoms with Gasteiger partial charge in [0.25, 0.3) is 5.91 Å². The van der Waals surface area contributed by atoms with Crippen molar-refractivity contribution in [1.82, 2.24) is 9.88 Å². The molecule has 0 aliphatic carbocycles. The molecule has 1 aliphatic rings. The molecule has 7 heteroatoms. The summed E-state index contributed by atoms with van der Waals surface area (Å²) < 4.78 is 6.46. The van der Waals surface area contributed by atoms with Gasteiger partial charge in [0.1, 0.15) is 5.75 Å². The van der Waals surface area contributed by atoms with E-state index < -0.39 is 0 Å². The van der Waals surface area contributed by atoms with Crippen molar-refractivity contribution in [3.63, 3.8) is 0 Å². The maximum Gasteiger partial charge on any atom is 0.264 e. The van der Waals surface area contributed by atoms with Crippen LogP contribution in [0.4, 0.5) is 5.13 Å². The predicted octanol–water partition coefficient (Wildman–Crippen LogP) is 4.40. The normalized spacial score (nSPS) is 20.7. The summed E-state index contributed by atoms with van der Waals surface area (Å²) in [6.45, 7) is 7.66. The SMILES string of the molecule is C[C@@H]1C[C@@H](C)CN(Cc2csc(NC(=O)COc3ccc(Br)cc3)n2)C1. The van der Waals surface area contributed by atoms with Gasteiger partial charge in [0.2, 0.25) is 0 Å². The van der Waals surface area contributed by atoms with Gasteiger partial charge >= 0.3 is 0 Å². The largest absolute Gasteiger partial charge is 0.484 e. The molecule has 0 unspecified atom stereocenters. The van der Waals surface area contributed by atoms with Crippen LogP contribution in [0.15, 0.2) is 34.1 Å². The van der Waals surface area contributed by atoms with Crippen LogP contribution < -0.4 is 10.1 Å². The minimum atomic E-state index is -0.200. The van der Waals surface area contributed by atoms with Crippen LogP contribution in [-0.2, 0) is 11.3 Å². The summed E-state index contributed by atoms with van der Waals surface area (Å²) in [6, 6.07) is 7.39. The molecule has 3 rings (SSSR count). The third-order valence-corrected chi connectivity index (χ3v) is 5.65. The number of piperidine rings is 1. The number of thiazole rings is 1. The van der Waals surface area contributed by atoms with Crippen molar-refractivity contribution in [2.75, 3.05) is 25.0 Å². The van der Waals surface area contributed by atoms with E-state index in [-0.39, 0.29) is 12.5 Å². The molecule has 140 valence electrons. The molecular weight excluding hydrogens is 414 g/mol. The molecule has 26 heavy (non-hydrogen) atoms. The zero-order valence-corrected chi connectivity index (χ0v) is 17.5. The van der Waals surface area contributed by atoms with Crippen molar-refractivity contribution >= 4 is 38.3 Å². The van der Waals surface area contributed by atoms with Crippen LogP contribution in [0.25, 0.3) is 0 Å². The van der Waals surface area contributed by atoms with Crippen LogP contribution in [0.1, 0.15) is 26.0 Å². The van der Waals surface area contributed by atoms with Gasteiger partial charge in [0.05, 0.1) is 5.69 Å². The lowest BCUT2D eigenvalue weighted by Crippen LogP contribution is -2.38. The number of nitrogens with one attached hydrogen (secondary N) is 1.